The van der Waals surface area contributed by atoms with Gasteiger partial charge in [0.25, 0.3) is 0 Å². The second-order valence-corrected chi connectivity index (χ2v) is 3.42. The third-order valence-electron chi connectivity index (χ3n) is 2.56. The first-order valence-corrected chi connectivity index (χ1v) is 5.54. The van der Waals surface area contributed by atoms with Crippen LogP contribution in [0.3, 0.4) is 0 Å². The van der Waals surface area contributed by atoms with Gasteiger partial charge in [0.05, 0.1) is 0 Å². The molecule has 0 aromatic carbocycles. The highest BCUT2D eigenvalue weighted by atomic mass is 16.3. The number of nitrogens with zero attached hydrogens (tertiary/aromatic N) is 1. The number of ketones is 1. The van der Waals surface area contributed by atoms with Crippen molar-refractivity contribution in [2.24, 2.45) is 5.92 Å². The molecule has 0 atom stereocenters. The Hall–Kier alpha value is -0.900. The Kier molecular flexibility index (Phi) is 6.96. The minimum absolute atomic E-state index is 0.114. The van der Waals surface area contributed by atoms with E-state index in [0.29, 0.717) is 13.1 Å². The van der Waals surface area contributed by atoms with Crippen molar-refractivity contribution in [3.63, 3.8) is 0 Å². The second kappa shape index (κ2) is 7.40. The van der Waals surface area contributed by atoms with Crippen molar-refractivity contribution in [2.45, 2.75) is 33.6 Å². The van der Waals surface area contributed by atoms with Crippen molar-refractivity contribution in [2.75, 3.05) is 19.7 Å². The van der Waals surface area contributed by atoms with Crippen LogP contribution in [0, 0.1) is 5.92 Å². The lowest BCUT2D eigenvalue weighted by atomic mass is 9.93. The number of aliphatic hydroxyl groups is 1. The molecule has 4 nitrogen and oxygen atoms in total. The molecule has 1 rings (SSSR count). The Morgan fingerprint density at radius 1 is 1.27 bits per heavy atom. The first-order valence-electron chi connectivity index (χ1n) is 5.54. The first kappa shape index (κ1) is 14.1. The van der Waals surface area contributed by atoms with Crippen LogP contribution in [0.1, 0.15) is 33.6 Å². The van der Waals surface area contributed by atoms with Crippen LogP contribution in [-0.4, -0.2) is 41.4 Å². The van der Waals surface area contributed by atoms with E-state index in [9.17, 15) is 9.59 Å². The Bertz CT molecular complexity index is 208. The predicted molar refractivity (Wildman–Crippen MR) is 58.4 cm³/mol. The molecule has 1 N–H and O–H groups in total. The van der Waals surface area contributed by atoms with Gasteiger partial charge in [-0.05, 0) is 19.8 Å². The summed E-state index contributed by atoms with van der Waals surface area (Å²) in [6, 6.07) is 0. The summed E-state index contributed by atoms with van der Waals surface area (Å²) < 4.78 is 0. The summed E-state index contributed by atoms with van der Waals surface area (Å²) in [5.41, 5.74) is 0. The summed E-state index contributed by atoms with van der Waals surface area (Å²) in [7, 11) is 0. The van der Waals surface area contributed by atoms with Crippen molar-refractivity contribution in [3.05, 3.63) is 0 Å². The van der Waals surface area contributed by atoms with Crippen molar-refractivity contribution < 1.29 is 14.7 Å². The van der Waals surface area contributed by atoms with E-state index in [2.05, 4.69) is 0 Å². The van der Waals surface area contributed by atoms with Gasteiger partial charge in [0.15, 0.2) is 0 Å². The van der Waals surface area contributed by atoms with Gasteiger partial charge >= 0.3 is 0 Å². The Balaban J connectivity index is 0.000000921. The van der Waals surface area contributed by atoms with Crippen LogP contribution in [0.5, 0.6) is 0 Å². The van der Waals surface area contributed by atoms with Crippen LogP contribution >= 0.6 is 0 Å². The fourth-order valence-electron chi connectivity index (χ4n) is 1.64. The smallest absolute Gasteiger partial charge is 0.248 e. The molecule has 0 spiro atoms. The number of Topliss-reactive ketones (excluding diaryl/α,β-unsaturated/α-hetero) is 1. The maximum atomic E-state index is 11.0. The monoisotopic (exact) mass is 215 g/mol. The number of carbonyl (C=O) groups is 2. The average Bonchev–Trinajstić information content (AvgIpc) is 2.31. The molecule has 15 heavy (non-hydrogen) atoms. The molecule has 0 unspecified atom stereocenters. The van der Waals surface area contributed by atoms with Crippen molar-refractivity contribution >= 4 is 11.7 Å². The number of aliphatic hydroxyl groups excluding tert-OH is 1. The van der Waals surface area contributed by atoms with E-state index in [1.54, 1.807) is 11.8 Å². The molecule has 1 saturated heterocycles. The van der Waals surface area contributed by atoms with E-state index in [1.807, 2.05) is 13.8 Å². The Morgan fingerprint density at radius 3 is 2.07 bits per heavy atom. The fourth-order valence-corrected chi connectivity index (χ4v) is 1.64. The second-order valence-electron chi connectivity index (χ2n) is 3.42. The highest BCUT2D eigenvalue weighted by Gasteiger charge is 2.24. The maximum Gasteiger partial charge on any atom is 0.248 e. The zero-order valence-electron chi connectivity index (χ0n) is 9.82. The summed E-state index contributed by atoms with van der Waals surface area (Å²) >= 11 is 0. The standard InChI is InChI=1S/C9H15NO3.C2H6/c1-7(12)8-2-4-10(5-3-8)9(13)6-11;1-2/h8,11H,2-6H2,1H3;1-2H3. The molecular formula is C11H21NO3. The third kappa shape index (κ3) is 4.42. The molecule has 0 bridgehead atoms. The van der Waals surface area contributed by atoms with Gasteiger partial charge in [0.1, 0.15) is 12.4 Å². The number of hydrogen-bond donors (Lipinski definition) is 1. The zero-order valence-corrected chi connectivity index (χ0v) is 9.82. The van der Waals surface area contributed by atoms with Crippen molar-refractivity contribution in [1.29, 1.82) is 0 Å². The predicted octanol–water partition coefficient (Wildman–Crippen LogP) is 0.833. The highest BCUT2D eigenvalue weighted by Crippen LogP contribution is 2.17. The van der Waals surface area contributed by atoms with Gasteiger partial charge < -0.3 is 10.0 Å². The van der Waals surface area contributed by atoms with Crippen molar-refractivity contribution in [3.8, 4) is 0 Å². The normalized spacial score (nSPS) is 16.7. The molecule has 0 aromatic rings. The van der Waals surface area contributed by atoms with Crippen molar-refractivity contribution in [1.82, 2.24) is 4.90 Å². The highest BCUT2D eigenvalue weighted by molar-refractivity contribution is 5.80. The number of amides is 1. The SMILES string of the molecule is CC.CC(=O)C1CCN(C(=O)CO)CC1. The topological polar surface area (TPSA) is 57.6 Å². The average molecular weight is 215 g/mol. The molecule has 0 aliphatic carbocycles. The van der Waals surface area contributed by atoms with Gasteiger partial charge in [-0.1, -0.05) is 13.8 Å². The van der Waals surface area contributed by atoms with Gasteiger partial charge in [0, 0.05) is 19.0 Å². The molecule has 0 aromatic heterocycles. The first-order chi connectivity index (χ1) is 7.15. The lowest BCUT2D eigenvalue weighted by molar-refractivity contribution is -0.137. The fraction of sp³-hybridized carbons (Fsp3) is 0.818. The summed E-state index contributed by atoms with van der Waals surface area (Å²) in [6.07, 6.45) is 1.47. The number of hydrogen-bond acceptors (Lipinski definition) is 3. The Morgan fingerprint density at radius 2 is 1.73 bits per heavy atom. The van der Waals surface area contributed by atoms with Gasteiger partial charge in [-0.15, -0.1) is 0 Å². The van der Waals surface area contributed by atoms with Crippen LogP contribution < -0.4 is 0 Å². The number of piperidine rings is 1. The van der Waals surface area contributed by atoms with E-state index >= 15 is 0 Å². The van der Waals surface area contributed by atoms with Crippen LogP contribution in [0.4, 0.5) is 0 Å². The molecule has 88 valence electrons. The molecule has 0 radical (unpaired) electrons. The molecule has 1 aliphatic heterocycles. The third-order valence-corrected chi connectivity index (χ3v) is 2.56. The minimum atomic E-state index is -0.426. The summed E-state index contributed by atoms with van der Waals surface area (Å²) in [5.74, 6) is 0.0841. The lowest BCUT2D eigenvalue weighted by Gasteiger charge is -2.30. The van der Waals surface area contributed by atoms with Crippen LogP contribution in [0.2, 0.25) is 0 Å². The molecular weight excluding hydrogens is 194 g/mol. The van der Waals surface area contributed by atoms with E-state index in [0.717, 1.165) is 12.8 Å². The van der Waals surface area contributed by atoms with Gasteiger partial charge in [-0.2, -0.15) is 0 Å². The summed E-state index contributed by atoms with van der Waals surface area (Å²) in [6.45, 7) is 6.37. The van der Waals surface area contributed by atoms with Crippen LogP contribution in [0.25, 0.3) is 0 Å². The van der Waals surface area contributed by atoms with E-state index < -0.39 is 6.61 Å². The van der Waals surface area contributed by atoms with Crippen LogP contribution in [-0.2, 0) is 9.59 Å². The molecule has 1 heterocycles. The maximum absolute atomic E-state index is 11.0. The largest absolute Gasteiger partial charge is 0.387 e. The molecule has 4 heteroatoms. The number of likely N-dealkylation sites (tertiary alicyclic amines) is 1. The van der Waals surface area contributed by atoms with Gasteiger partial charge in [0.2, 0.25) is 5.91 Å². The van der Waals surface area contributed by atoms with Gasteiger partial charge in [-0.25, -0.2) is 0 Å². The summed E-state index contributed by atoms with van der Waals surface area (Å²) in [4.78, 5) is 23.6. The Labute approximate surface area is 91.3 Å². The van der Waals surface area contributed by atoms with E-state index in [1.165, 1.54) is 0 Å². The van der Waals surface area contributed by atoms with Crippen LogP contribution in [0.15, 0.2) is 0 Å². The number of carbonyl (C=O) groups excluding carboxylic acids is 2. The molecule has 1 amide bonds. The van der Waals surface area contributed by atoms with E-state index in [4.69, 9.17) is 5.11 Å². The van der Waals surface area contributed by atoms with E-state index in [-0.39, 0.29) is 17.6 Å². The lowest BCUT2D eigenvalue weighted by Crippen LogP contribution is -2.41. The molecule has 1 aliphatic rings. The van der Waals surface area contributed by atoms with Gasteiger partial charge in [-0.3, -0.25) is 9.59 Å². The molecule has 1 fully saturated rings. The summed E-state index contributed by atoms with van der Waals surface area (Å²) in [5, 5.41) is 8.60. The minimum Gasteiger partial charge on any atom is -0.387 e. The quantitative estimate of drug-likeness (QED) is 0.742. The number of rotatable bonds is 2. The molecule has 0 saturated carbocycles. The zero-order chi connectivity index (χ0) is 11.8.